The van der Waals surface area contributed by atoms with E-state index in [2.05, 4.69) is 16.5 Å². The van der Waals surface area contributed by atoms with Gasteiger partial charge in [0.1, 0.15) is 23.1 Å². The van der Waals surface area contributed by atoms with Crippen LogP contribution < -0.4 is 5.32 Å². The molecule has 0 bridgehead atoms. The van der Waals surface area contributed by atoms with Gasteiger partial charge in [-0.2, -0.15) is 10.4 Å². The number of hydrogen-bond acceptors (Lipinski definition) is 3. The van der Waals surface area contributed by atoms with Crippen LogP contribution in [0.2, 0.25) is 15.1 Å². The Morgan fingerprint density at radius 3 is 2.50 bits per heavy atom. The van der Waals surface area contributed by atoms with Crippen LogP contribution in [-0.4, -0.2) is 16.3 Å². The normalized spacial score (nSPS) is 10.3. The van der Waals surface area contributed by atoms with Crippen molar-refractivity contribution in [2.75, 3.05) is 11.9 Å². The Bertz CT molecular complexity index is 650. The van der Waals surface area contributed by atoms with E-state index in [1.165, 1.54) is 10.9 Å². The standard InChI is InChI=1S/C13H11Cl3N4/c1-2-3-18-13-8(6-17)7-19-20(13)12-10(15)4-9(14)5-11(12)16/h4-5,7,18H,2-3H2,1H3. The summed E-state index contributed by atoms with van der Waals surface area (Å²) in [5, 5.41) is 17.7. The topological polar surface area (TPSA) is 53.6 Å². The highest BCUT2D eigenvalue weighted by Gasteiger charge is 2.17. The number of hydrogen-bond donors (Lipinski definition) is 1. The third kappa shape index (κ3) is 2.85. The van der Waals surface area contributed by atoms with E-state index in [1.54, 1.807) is 12.1 Å². The van der Waals surface area contributed by atoms with Crippen LogP contribution >= 0.6 is 34.8 Å². The molecule has 0 aliphatic heterocycles. The molecule has 0 fully saturated rings. The second-order valence-electron chi connectivity index (χ2n) is 4.08. The molecule has 2 rings (SSSR count). The number of rotatable bonds is 4. The molecule has 0 saturated heterocycles. The molecule has 1 heterocycles. The Morgan fingerprint density at radius 1 is 1.30 bits per heavy atom. The van der Waals surface area contributed by atoms with E-state index in [4.69, 9.17) is 40.1 Å². The zero-order valence-corrected chi connectivity index (χ0v) is 12.9. The summed E-state index contributed by atoms with van der Waals surface area (Å²) in [7, 11) is 0. The highest BCUT2D eigenvalue weighted by Crippen LogP contribution is 2.34. The Labute approximate surface area is 131 Å². The highest BCUT2D eigenvalue weighted by atomic mass is 35.5. The number of nitrogens with one attached hydrogen (secondary N) is 1. The molecule has 0 aliphatic carbocycles. The fourth-order valence-corrected chi connectivity index (χ4v) is 2.73. The van der Waals surface area contributed by atoms with E-state index in [9.17, 15) is 0 Å². The van der Waals surface area contributed by atoms with Gasteiger partial charge in [0.15, 0.2) is 0 Å². The van der Waals surface area contributed by atoms with Gasteiger partial charge in [-0.15, -0.1) is 0 Å². The minimum Gasteiger partial charge on any atom is -0.369 e. The lowest BCUT2D eigenvalue weighted by atomic mass is 10.3. The second-order valence-corrected chi connectivity index (χ2v) is 5.33. The van der Waals surface area contributed by atoms with Crippen LogP contribution in [0, 0.1) is 11.3 Å². The van der Waals surface area contributed by atoms with Crippen LogP contribution in [0.1, 0.15) is 18.9 Å². The molecule has 7 heteroatoms. The summed E-state index contributed by atoms with van der Waals surface area (Å²) in [6.45, 7) is 2.74. The minimum absolute atomic E-state index is 0.370. The third-order valence-corrected chi connectivity index (χ3v) is 3.42. The van der Waals surface area contributed by atoms with Crippen molar-refractivity contribution in [2.45, 2.75) is 13.3 Å². The van der Waals surface area contributed by atoms with Crippen molar-refractivity contribution in [3.8, 4) is 11.8 Å². The van der Waals surface area contributed by atoms with Crippen LogP contribution in [0.4, 0.5) is 5.82 Å². The smallest absolute Gasteiger partial charge is 0.147 e. The van der Waals surface area contributed by atoms with Gasteiger partial charge in [0.2, 0.25) is 0 Å². The second kappa shape index (κ2) is 6.36. The molecule has 104 valence electrons. The first kappa shape index (κ1) is 15.0. The van der Waals surface area contributed by atoms with Crippen LogP contribution in [0.5, 0.6) is 0 Å². The van der Waals surface area contributed by atoms with Crippen LogP contribution in [-0.2, 0) is 0 Å². The molecule has 0 spiro atoms. The maximum atomic E-state index is 9.13. The van der Waals surface area contributed by atoms with E-state index in [0.29, 0.717) is 38.7 Å². The van der Waals surface area contributed by atoms with Crippen LogP contribution in [0.3, 0.4) is 0 Å². The number of nitriles is 1. The van der Waals surface area contributed by atoms with Gasteiger partial charge in [-0.3, -0.25) is 0 Å². The number of benzene rings is 1. The molecule has 0 aliphatic rings. The lowest BCUT2D eigenvalue weighted by Crippen LogP contribution is -2.09. The van der Waals surface area contributed by atoms with Crippen molar-refractivity contribution in [1.82, 2.24) is 9.78 Å². The molecule has 0 atom stereocenters. The zero-order valence-electron chi connectivity index (χ0n) is 10.6. The molecule has 20 heavy (non-hydrogen) atoms. The molecule has 1 aromatic heterocycles. The van der Waals surface area contributed by atoms with E-state index in [1.807, 2.05) is 6.92 Å². The summed E-state index contributed by atoms with van der Waals surface area (Å²) >= 11 is 18.3. The summed E-state index contributed by atoms with van der Waals surface area (Å²) in [5.74, 6) is 0.570. The minimum atomic E-state index is 0.370. The van der Waals surface area contributed by atoms with Gasteiger partial charge in [-0.25, -0.2) is 4.68 Å². The van der Waals surface area contributed by atoms with Crippen LogP contribution in [0.15, 0.2) is 18.3 Å². The van der Waals surface area contributed by atoms with Crippen molar-refractivity contribution in [2.24, 2.45) is 0 Å². The van der Waals surface area contributed by atoms with Gasteiger partial charge in [-0.1, -0.05) is 41.7 Å². The first-order chi connectivity index (χ1) is 9.58. The average molecular weight is 330 g/mol. The maximum absolute atomic E-state index is 9.13. The highest BCUT2D eigenvalue weighted by molar-refractivity contribution is 6.40. The summed E-state index contributed by atoms with van der Waals surface area (Å²) in [6.07, 6.45) is 2.39. The maximum Gasteiger partial charge on any atom is 0.147 e. The number of halogens is 3. The molecular weight excluding hydrogens is 319 g/mol. The lowest BCUT2D eigenvalue weighted by molar-refractivity contribution is 0.865. The molecule has 0 saturated carbocycles. The summed E-state index contributed by atoms with van der Waals surface area (Å²) < 4.78 is 1.52. The molecule has 2 aromatic rings. The largest absolute Gasteiger partial charge is 0.369 e. The van der Waals surface area contributed by atoms with E-state index in [-0.39, 0.29) is 0 Å². The fraction of sp³-hybridized carbons (Fsp3) is 0.231. The molecular formula is C13H11Cl3N4. The molecule has 4 nitrogen and oxygen atoms in total. The summed E-state index contributed by atoms with van der Waals surface area (Å²) in [6, 6.07) is 5.26. The van der Waals surface area contributed by atoms with Crippen LogP contribution in [0.25, 0.3) is 5.69 Å². The zero-order chi connectivity index (χ0) is 14.7. The third-order valence-electron chi connectivity index (χ3n) is 2.63. The Kier molecular flexibility index (Phi) is 4.77. The average Bonchev–Trinajstić information content (AvgIpc) is 2.78. The van der Waals surface area contributed by atoms with Crippen molar-refractivity contribution in [3.05, 3.63) is 39.0 Å². The molecule has 1 aromatic carbocycles. The predicted molar refractivity (Wildman–Crippen MR) is 82.1 cm³/mol. The van der Waals surface area contributed by atoms with Gasteiger partial charge in [-0.05, 0) is 18.6 Å². The van der Waals surface area contributed by atoms with Gasteiger partial charge in [0.05, 0.1) is 16.2 Å². The Balaban J connectivity index is 2.59. The Hall–Kier alpha value is -1.41. The van der Waals surface area contributed by atoms with Gasteiger partial charge < -0.3 is 5.32 Å². The first-order valence-corrected chi connectivity index (χ1v) is 7.08. The van der Waals surface area contributed by atoms with Crippen molar-refractivity contribution >= 4 is 40.6 Å². The van der Waals surface area contributed by atoms with Gasteiger partial charge >= 0.3 is 0 Å². The number of nitrogens with zero attached hydrogens (tertiary/aromatic N) is 3. The van der Waals surface area contributed by atoms with Crippen molar-refractivity contribution in [3.63, 3.8) is 0 Å². The summed E-state index contributed by atoms with van der Waals surface area (Å²) in [5.41, 5.74) is 0.929. The van der Waals surface area contributed by atoms with Crippen molar-refractivity contribution < 1.29 is 0 Å². The number of anilines is 1. The molecule has 1 N–H and O–H groups in total. The Morgan fingerprint density at radius 2 is 1.95 bits per heavy atom. The van der Waals surface area contributed by atoms with Crippen molar-refractivity contribution in [1.29, 1.82) is 5.26 Å². The van der Waals surface area contributed by atoms with Gasteiger partial charge in [0.25, 0.3) is 0 Å². The number of aromatic nitrogens is 2. The quantitative estimate of drug-likeness (QED) is 0.897. The van der Waals surface area contributed by atoms with E-state index >= 15 is 0 Å². The monoisotopic (exact) mass is 328 g/mol. The molecule has 0 amide bonds. The first-order valence-electron chi connectivity index (χ1n) is 5.95. The molecule has 0 radical (unpaired) electrons. The fourth-order valence-electron chi connectivity index (χ4n) is 1.75. The van der Waals surface area contributed by atoms with E-state index in [0.717, 1.165) is 6.42 Å². The van der Waals surface area contributed by atoms with E-state index < -0.39 is 0 Å². The SMILES string of the molecule is CCCNc1c(C#N)cnn1-c1c(Cl)cc(Cl)cc1Cl. The predicted octanol–water partition coefficient (Wildman–Crippen LogP) is 4.53. The van der Waals surface area contributed by atoms with Gasteiger partial charge in [0, 0.05) is 11.6 Å². The summed E-state index contributed by atoms with van der Waals surface area (Å²) in [4.78, 5) is 0. The molecule has 0 unspecified atom stereocenters. The lowest BCUT2D eigenvalue weighted by Gasteiger charge is -2.13.